The molecular formula is C8H7ClN2O2. The lowest BCUT2D eigenvalue weighted by Crippen LogP contribution is -2.00. The maximum atomic E-state index is 11.0. The lowest BCUT2D eigenvalue weighted by molar-refractivity contribution is 0.0595. The number of nitrogens with one attached hydrogen (secondary N) is 1. The molecule has 0 saturated heterocycles. The van der Waals surface area contributed by atoms with Crippen LogP contribution >= 0.6 is 11.6 Å². The maximum Gasteiger partial charge on any atom is 0.354 e. The highest BCUT2D eigenvalue weighted by molar-refractivity contribution is 6.30. The Morgan fingerprint density at radius 2 is 2.54 bits per heavy atom. The second-order valence-electron chi connectivity index (χ2n) is 2.35. The van der Waals surface area contributed by atoms with Gasteiger partial charge in [0.2, 0.25) is 0 Å². The molecule has 0 bridgehead atoms. The monoisotopic (exact) mass is 198 g/mol. The van der Waals surface area contributed by atoms with E-state index in [1.54, 1.807) is 0 Å². The fourth-order valence-electron chi connectivity index (χ4n) is 0.906. The number of carbonyl (C=O) groups excluding carboxylic acids is 1. The van der Waals surface area contributed by atoms with Crippen molar-refractivity contribution in [1.82, 2.24) is 4.98 Å². The number of aromatic nitrogens is 1. The largest absolute Gasteiger partial charge is 0.464 e. The molecule has 68 valence electrons. The van der Waals surface area contributed by atoms with E-state index in [0.717, 1.165) is 0 Å². The van der Waals surface area contributed by atoms with E-state index < -0.39 is 5.97 Å². The van der Waals surface area contributed by atoms with Crippen molar-refractivity contribution in [3.05, 3.63) is 22.5 Å². The normalized spacial score (nSPS) is 9.31. The first kappa shape index (κ1) is 9.62. The van der Waals surface area contributed by atoms with Crippen LogP contribution in [-0.4, -0.2) is 18.1 Å². The third kappa shape index (κ3) is 2.01. The molecule has 1 aromatic heterocycles. The van der Waals surface area contributed by atoms with E-state index in [1.165, 1.54) is 13.2 Å². The summed E-state index contributed by atoms with van der Waals surface area (Å²) < 4.78 is 4.47. The number of ether oxygens (including phenoxy) is 1. The maximum absolute atomic E-state index is 11.0. The van der Waals surface area contributed by atoms with Crippen LogP contribution in [0.2, 0.25) is 5.15 Å². The molecule has 0 amide bonds. The van der Waals surface area contributed by atoms with Crippen molar-refractivity contribution in [2.24, 2.45) is 0 Å². The van der Waals surface area contributed by atoms with Gasteiger partial charge in [-0.15, -0.1) is 0 Å². The summed E-state index contributed by atoms with van der Waals surface area (Å²) >= 11 is 5.71. The second kappa shape index (κ2) is 3.97. The summed E-state index contributed by atoms with van der Waals surface area (Å²) in [6.07, 6.45) is 0.173. The Morgan fingerprint density at radius 1 is 1.85 bits per heavy atom. The standard InChI is InChI=1S/C8H7ClN2O2/c1-13-8(12)6-4-5(2-3-10)7(9)11-6/h4,11H,2H2,1H3. The summed E-state index contributed by atoms with van der Waals surface area (Å²) in [6, 6.07) is 3.45. The minimum Gasteiger partial charge on any atom is -0.464 e. The minimum absolute atomic E-state index is 0.173. The zero-order valence-electron chi connectivity index (χ0n) is 6.93. The van der Waals surface area contributed by atoms with Gasteiger partial charge < -0.3 is 9.72 Å². The van der Waals surface area contributed by atoms with Crippen molar-refractivity contribution in [3.63, 3.8) is 0 Å². The second-order valence-corrected chi connectivity index (χ2v) is 2.73. The van der Waals surface area contributed by atoms with Crippen LogP contribution in [0.1, 0.15) is 16.1 Å². The van der Waals surface area contributed by atoms with Gasteiger partial charge in [-0.1, -0.05) is 11.6 Å². The summed E-state index contributed by atoms with van der Waals surface area (Å²) in [5.41, 5.74) is 0.863. The number of hydrogen-bond donors (Lipinski definition) is 1. The van der Waals surface area contributed by atoms with Crippen LogP contribution in [0.5, 0.6) is 0 Å². The Labute approximate surface area is 80.1 Å². The number of halogens is 1. The van der Waals surface area contributed by atoms with Crippen molar-refractivity contribution in [2.75, 3.05) is 7.11 Å². The SMILES string of the molecule is COC(=O)c1cc(CC#N)c(Cl)[nH]1. The van der Waals surface area contributed by atoms with Crippen LogP contribution in [-0.2, 0) is 11.2 Å². The van der Waals surface area contributed by atoms with Gasteiger partial charge in [0.05, 0.1) is 19.6 Å². The van der Waals surface area contributed by atoms with Crippen LogP contribution in [0.4, 0.5) is 0 Å². The molecule has 0 spiro atoms. The van der Waals surface area contributed by atoms with Crippen molar-refractivity contribution in [1.29, 1.82) is 5.26 Å². The third-order valence-electron chi connectivity index (χ3n) is 1.52. The van der Waals surface area contributed by atoms with Crippen molar-refractivity contribution in [2.45, 2.75) is 6.42 Å². The summed E-state index contributed by atoms with van der Waals surface area (Å²) in [4.78, 5) is 13.6. The molecule has 0 aliphatic carbocycles. The van der Waals surface area contributed by atoms with Gasteiger partial charge in [-0.05, 0) is 6.07 Å². The molecule has 0 atom stereocenters. The Kier molecular flexibility index (Phi) is 2.93. The zero-order chi connectivity index (χ0) is 9.84. The van der Waals surface area contributed by atoms with Crippen molar-refractivity contribution in [3.8, 4) is 6.07 Å². The Balaban J connectivity index is 2.96. The molecule has 0 aliphatic rings. The lowest BCUT2D eigenvalue weighted by Gasteiger charge is -1.91. The van der Waals surface area contributed by atoms with Crippen LogP contribution in [0.25, 0.3) is 0 Å². The highest BCUT2D eigenvalue weighted by Gasteiger charge is 2.11. The Morgan fingerprint density at radius 3 is 3.08 bits per heavy atom. The van der Waals surface area contributed by atoms with Gasteiger partial charge in [0.15, 0.2) is 0 Å². The van der Waals surface area contributed by atoms with Crippen LogP contribution in [0.3, 0.4) is 0 Å². The average molecular weight is 199 g/mol. The molecule has 0 aromatic carbocycles. The van der Waals surface area contributed by atoms with Crippen LogP contribution < -0.4 is 0 Å². The number of carbonyl (C=O) groups is 1. The number of esters is 1. The highest BCUT2D eigenvalue weighted by atomic mass is 35.5. The summed E-state index contributed by atoms with van der Waals surface area (Å²) in [6.45, 7) is 0. The lowest BCUT2D eigenvalue weighted by atomic mass is 10.2. The molecule has 13 heavy (non-hydrogen) atoms. The molecule has 0 aliphatic heterocycles. The van der Waals surface area contributed by atoms with E-state index in [4.69, 9.17) is 16.9 Å². The molecule has 1 N–H and O–H groups in total. The van der Waals surface area contributed by atoms with Gasteiger partial charge in [0, 0.05) is 5.56 Å². The molecule has 0 radical (unpaired) electrons. The third-order valence-corrected chi connectivity index (χ3v) is 1.86. The number of nitriles is 1. The molecular weight excluding hydrogens is 192 g/mol. The molecule has 1 rings (SSSR count). The van der Waals surface area contributed by atoms with Gasteiger partial charge in [0.1, 0.15) is 10.8 Å². The number of H-pyrrole nitrogens is 1. The topological polar surface area (TPSA) is 65.9 Å². The summed E-state index contributed by atoms with van der Waals surface area (Å²) in [5.74, 6) is -0.494. The number of aromatic amines is 1. The van der Waals surface area contributed by atoms with Gasteiger partial charge in [-0.2, -0.15) is 5.26 Å². The van der Waals surface area contributed by atoms with Crippen LogP contribution in [0, 0.1) is 11.3 Å². The molecule has 0 unspecified atom stereocenters. The fourth-order valence-corrected chi connectivity index (χ4v) is 1.13. The smallest absolute Gasteiger partial charge is 0.354 e. The summed E-state index contributed by atoms with van der Waals surface area (Å²) in [5, 5.41) is 8.72. The van der Waals surface area contributed by atoms with E-state index >= 15 is 0 Å². The average Bonchev–Trinajstić information content (AvgIpc) is 2.47. The highest BCUT2D eigenvalue weighted by Crippen LogP contribution is 2.17. The van der Waals surface area contributed by atoms with E-state index in [9.17, 15) is 4.79 Å². The van der Waals surface area contributed by atoms with Crippen molar-refractivity contribution >= 4 is 17.6 Å². The molecule has 1 aromatic rings. The molecule has 5 heteroatoms. The van der Waals surface area contributed by atoms with Crippen LogP contribution in [0.15, 0.2) is 6.07 Å². The van der Waals surface area contributed by atoms with Crippen molar-refractivity contribution < 1.29 is 9.53 Å². The minimum atomic E-state index is -0.494. The van der Waals surface area contributed by atoms with Gasteiger partial charge in [-0.3, -0.25) is 0 Å². The molecule has 1 heterocycles. The summed E-state index contributed by atoms with van der Waals surface area (Å²) in [7, 11) is 1.28. The Bertz CT molecular complexity index is 365. The first-order chi connectivity index (χ1) is 6.19. The number of methoxy groups -OCH3 is 1. The Hall–Kier alpha value is -1.47. The van der Waals surface area contributed by atoms with E-state index in [0.29, 0.717) is 10.7 Å². The fraction of sp³-hybridized carbons (Fsp3) is 0.250. The zero-order valence-corrected chi connectivity index (χ0v) is 7.68. The van der Waals surface area contributed by atoms with Gasteiger partial charge in [0.25, 0.3) is 0 Å². The predicted molar refractivity (Wildman–Crippen MR) is 46.5 cm³/mol. The van der Waals surface area contributed by atoms with E-state index in [-0.39, 0.29) is 12.1 Å². The number of rotatable bonds is 2. The number of hydrogen-bond acceptors (Lipinski definition) is 3. The molecule has 4 nitrogen and oxygen atoms in total. The quantitative estimate of drug-likeness (QED) is 0.733. The first-order valence-corrected chi connectivity index (χ1v) is 3.89. The first-order valence-electron chi connectivity index (χ1n) is 3.51. The molecule has 0 saturated carbocycles. The predicted octanol–water partition coefficient (Wildman–Crippen LogP) is 1.52. The number of nitrogens with zero attached hydrogens (tertiary/aromatic N) is 1. The van der Waals surface area contributed by atoms with Gasteiger partial charge in [-0.25, -0.2) is 4.79 Å². The van der Waals surface area contributed by atoms with Gasteiger partial charge >= 0.3 is 5.97 Å². The van der Waals surface area contributed by atoms with E-state index in [1.807, 2.05) is 6.07 Å². The van der Waals surface area contributed by atoms with E-state index in [2.05, 4.69) is 9.72 Å². The molecule has 0 fully saturated rings.